The molecule has 0 N–H and O–H groups in total. The second kappa shape index (κ2) is 3.70. The molecule has 0 spiro atoms. The van der Waals surface area contributed by atoms with E-state index < -0.39 is 11.9 Å². The van der Waals surface area contributed by atoms with E-state index in [-0.39, 0.29) is 10.5 Å². The van der Waals surface area contributed by atoms with Crippen LogP contribution in [0.25, 0.3) is 0 Å². The second-order valence-electron chi connectivity index (χ2n) is 3.79. The lowest BCUT2D eigenvalue weighted by Gasteiger charge is -2.31. The van der Waals surface area contributed by atoms with Crippen LogP contribution in [0.1, 0.15) is 20.3 Å². The van der Waals surface area contributed by atoms with Crippen molar-refractivity contribution in [3.8, 4) is 0 Å². The highest BCUT2D eigenvalue weighted by atomic mass is 32.2. The van der Waals surface area contributed by atoms with Gasteiger partial charge in [0.05, 0.1) is 7.11 Å². The molecule has 0 aromatic carbocycles. The Kier molecular flexibility index (Phi) is 3.01. The predicted molar refractivity (Wildman–Crippen MR) is 51.7 cm³/mol. The number of hydrogen-bond donors (Lipinski definition) is 0. The van der Waals surface area contributed by atoms with E-state index in [2.05, 4.69) is 4.74 Å². The summed E-state index contributed by atoms with van der Waals surface area (Å²) in [7, 11) is 1.32. The molecule has 0 amide bonds. The Bertz CT molecular complexity index is 235. The Morgan fingerprint density at radius 3 is 2.69 bits per heavy atom. The number of hydrogen-bond acceptors (Lipinski definition) is 4. The molecule has 1 saturated heterocycles. The topological polar surface area (TPSA) is 43.4 Å². The number of methoxy groups -OCH3 is 1. The van der Waals surface area contributed by atoms with Gasteiger partial charge in [0.2, 0.25) is 0 Å². The van der Waals surface area contributed by atoms with E-state index in [1.165, 1.54) is 7.11 Å². The van der Waals surface area contributed by atoms with Gasteiger partial charge in [0.25, 0.3) is 0 Å². The summed E-state index contributed by atoms with van der Waals surface area (Å²) in [5.74, 6) is -0.370. The van der Waals surface area contributed by atoms with Gasteiger partial charge in [-0.2, -0.15) is 11.8 Å². The molecule has 3 nitrogen and oxygen atoms in total. The van der Waals surface area contributed by atoms with Crippen molar-refractivity contribution in [1.29, 1.82) is 0 Å². The van der Waals surface area contributed by atoms with Gasteiger partial charge < -0.3 is 4.74 Å². The van der Waals surface area contributed by atoms with E-state index in [0.717, 1.165) is 0 Å². The summed E-state index contributed by atoms with van der Waals surface area (Å²) in [6.45, 7) is 4.03. The number of esters is 1. The van der Waals surface area contributed by atoms with E-state index >= 15 is 0 Å². The third-order valence-electron chi connectivity index (χ3n) is 2.12. The minimum absolute atomic E-state index is 0.00981. The number of ether oxygens (including phenoxy) is 1. The summed E-state index contributed by atoms with van der Waals surface area (Å²) in [4.78, 5) is 22.6. The van der Waals surface area contributed by atoms with Crippen molar-refractivity contribution < 1.29 is 14.3 Å². The molecule has 0 bridgehead atoms. The van der Waals surface area contributed by atoms with Crippen LogP contribution in [-0.4, -0.2) is 29.4 Å². The van der Waals surface area contributed by atoms with E-state index in [9.17, 15) is 9.59 Å². The Morgan fingerprint density at radius 2 is 2.23 bits per heavy atom. The summed E-state index contributed by atoms with van der Waals surface area (Å²) >= 11 is 1.65. The third-order valence-corrected chi connectivity index (χ3v) is 3.54. The number of thioether (sulfide) groups is 1. The molecule has 4 heteroatoms. The minimum Gasteiger partial charge on any atom is -0.468 e. The molecule has 1 unspecified atom stereocenters. The standard InChI is InChI=1S/C9H14O3S/c1-9(2)4-7(10)6(5-13-9)8(11)12-3/h6H,4-5H2,1-3H3. The highest BCUT2D eigenvalue weighted by Gasteiger charge is 2.38. The molecule has 1 fully saturated rings. The summed E-state index contributed by atoms with van der Waals surface area (Å²) in [6, 6.07) is 0. The Morgan fingerprint density at radius 1 is 1.62 bits per heavy atom. The van der Waals surface area contributed by atoms with Gasteiger partial charge in [-0.15, -0.1) is 0 Å². The fourth-order valence-corrected chi connectivity index (χ4v) is 2.52. The lowest BCUT2D eigenvalue weighted by atomic mass is 9.96. The number of carbonyl (C=O) groups excluding carboxylic acids is 2. The fourth-order valence-electron chi connectivity index (χ4n) is 1.34. The van der Waals surface area contributed by atoms with E-state index in [4.69, 9.17) is 0 Å². The molecular formula is C9H14O3S. The largest absolute Gasteiger partial charge is 0.468 e. The number of ketones is 1. The molecular weight excluding hydrogens is 188 g/mol. The summed E-state index contributed by atoms with van der Waals surface area (Å²) in [6.07, 6.45) is 0.456. The lowest BCUT2D eigenvalue weighted by Crippen LogP contribution is -2.38. The summed E-state index contributed by atoms with van der Waals surface area (Å²) in [5, 5.41) is 0. The monoisotopic (exact) mass is 202 g/mol. The fraction of sp³-hybridized carbons (Fsp3) is 0.778. The van der Waals surface area contributed by atoms with Gasteiger partial charge in [0.1, 0.15) is 11.7 Å². The van der Waals surface area contributed by atoms with Crippen molar-refractivity contribution in [3.05, 3.63) is 0 Å². The van der Waals surface area contributed by atoms with Gasteiger partial charge >= 0.3 is 5.97 Å². The van der Waals surface area contributed by atoms with Crippen LogP contribution in [0.15, 0.2) is 0 Å². The first-order valence-corrected chi connectivity index (χ1v) is 5.19. The van der Waals surface area contributed by atoms with E-state index in [1.54, 1.807) is 11.8 Å². The molecule has 0 aromatic heterocycles. The van der Waals surface area contributed by atoms with E-state index in [1.807, 2.05) is 13.8 Å². The van der Waals surface area contributed by atoms with Gasteiger partial charge in [-0.3, -0.25) is 9.59 Å². The summed E-state index contributed by atoms with van der Waals surface area (Å²) in [5.41, 5.74) is 0. The van der Waals surface area contributed by atoms with Crippen molar-refractivity contribution in [2.24, 2.45) is 5.92 Å². The number of rotatable bonds is 1. The van der Waals surface area contributed by atoms with Gasteiger partial charge in [-0.25, -0.2) is 0 Å². The molecule has 13 heavy (non-hydrogen) atoms. The predicted octanol–water partition coefficient (Wildman–Crippen LogP) is 1.26. The SMILES string of the molecule is COC(=O)C1CSC(C)(C)CC1=O. The van der Waals surface area contributed by atoms with Gasteiger partial charge in [0.15, 0.2) is 0 Å². The molecule has 1 rings (SSSR count). The maximum atomic E-state index is 11.5. The highest BCUT2D eigenvalue weighted by Crippen LogP contribution is 2.36. The third kappa shape index (κ3) is 2.46. The van der Waals surface area contributed by atoms with Crippen molar-refractivity contribution >= 4 is 23.5 Å². The van der Waals surface area contributed by atoms with Crippen molar-refractivity contribution in [2.75, 3.05) is 12.9 Å². The molecule has 1 atom stereocenters. The Labute approximate surface area is 82.2 Å². The van der Waals surface area contributed by atoms with Crippen LogP contribution in [-0.2, 0) is 14.3 Å². The second-order valence-corrected chi connectivity index (χ2v) is 5.52. The molecule has 74 valence electrons. The first kappa shape index (κ1) is 10.6. The van der Waals surface area contributed by atoms with Crippen LogP contribution in [0.2, 0.25) is 0 Å². The average molecular weight is 202 g/mol. The molecule has 1 aliphatic rings. The molecule has 1 aliphatic heterocycles. The minimum atomic E-state index is -0.539. The smallest absolute Gasteiger partial charge is 0.317 e. The molecule has 0 aliphatic carbocycles. The molecule has 0 aromatic rings. The summed E-state index contributed by atoms with van der Waals surface area (Å²) < 4.78 is 4.53. The number of carbonyl (C=O) groups is 2. The zero-order valence-electron chi connectivity index (χ0n) is 8.12. The maximum absolute atomic E-state index is 11.5. The van der Waals surface area contributed by atoms with Crippen LogP contribution in [0.5, 0.6) is 0 Å². The molecule has 0 radical (unpaired) electrons. The van der Waals surface area contributed by atoms with Crippen LogP contribution >= 0.6 is 11.8 Å². The maximum Gasteiger partial charge on any atom is 0.317 e. The quantitative estimate of drug-likeness (QED) is 0.474. The van der Waals surface area contributed by atoms with Crippen LogP contribution < -0.4 is 0 Å². The number of Topliss-reactive ketones (excluding diaryl/α,β-unsaturated/α-hetero) is 1. The van der Waals surface area contributed by atoms with Gasteiger partial charge in [0, 0.05) is 16.9 Å². The Hall–Kier alpha value is -0.510. The van der Waals surface area contributed by atoms with Crippen LogP contribution in [0.4, 0.5) is 0 Å². The van der Waals surface area contributed by atoms with E-state index in [0.29, 0.717) is 12.2 Å². The zero-order valence-corrected chi connectivity index (χ0v) is 8.94. The van der Waals surface area contributed by atoms with Crippen LogP contribution in [0.3, 0.4) is 0 Å². The highest BCUT2D eigenvalue weighted by molar-refractivity contribution is 8.00. The Balaban J connectivity index is 2.64. The van der Waals surface area contributed by atoms with Crippen molar-refractivity contribution in [1.82, 2.24) is 0 Å². The zero-order chi connectivity index (χ0) is 10.1. The van der Waals surface area contributed by atoms with Gasteiger partial charge in [-0.05, 0) is 0 Å². The first-order chi connectivity index (χ1) is 5.96. The first-order valence-electron chi connectivity index (χ1n) is 4.21. The van der Waals surface area contributed by atoms with Crippen molar-refractivity contribution in [2.45, 2.75) is 25.0 Å². The van der Waals surface area contributed by atoms with Crippen molar-refractivity contribution in [3.63, 3.8) is 0 Å². The molecule has 0 saturated carbocycles. The van der Waals surface area contributed by atoms with Crippen LogP contribution in [0, 0.1) is 5.92 Å². The average Bonchev–Trinajstić information content (AvgIpc) is 2.01. The van der Waals surface area contributed by atoms with Gasteiger partial charge in [-0.1, -0.05) is 13.8 Å². The molecule has 1 heterocycles. The normalized spacial score (nSPS) is 27.0. The lowest BCUT2D eigenvalue weighted by molar-refractivity contribution is -0.148.